The van der Waals surface area contributed by atoms with E-state index in [2.05, 4.69) is 5.32 Å². The fourth-order valence-electron chi connectivity index (χ4n) is 3.95. The fraction of sp³-hybridized carbons (Fsp3) is 0.680. The van der Waals surface area contributed by atoms with Gasteiger partial charge >= 0.3 is 12.1 Å². The van der Waals surface area contributed by atoms with Crippen LogP contribution >= 0.6 is 0 Å². The van der Waals surface area contributed by atoms with Crippen molar-refractivity contribution in [3.05, 3.63) is 35.4 Å². The van der Waals surface area contributed by atoms with Gasteiger partial charge in [0.15, 0.2) is 0 Å². The summed E-state index contributed by atoms with van der Waals surface area (Å²) in [4.78, 5) is 26.1. The van der Waals surface area contributed by atoms with E-state index >= 15 is 0 Å². The quantitative estimate of drug-likeness (QED) is 0.442. The summed E-state index contributed by atoms with van der Waals surface area (Å²) in [5.74, 6) is -1.33. The lowest BCUT2D eigenvalue weighted by molar-refractivity contribution is -0.154. The van der Waals surface area contributed by atoms with Crippen LogP contribution in [0.15, 0.2) is 18.2 Å². The van der Waals surface area contributed by atoms with Gasteiger partial charge < -0.3 is 19.7 Å². The number of ether oxygens (including phenoxy) is 2. The number of rotatable bonds is 8. The summed E-state index contributed by atoms with van der Waals surface area (Å²) in [6.45, 7) is 13.2. The topological polar surface area (TPSA) is 67.9 Å². The van der Waals surface area contributed by atoms with Crippen molar-refractivity contribution in [1.82, 2.24) is 10.2 Å². The highest BCUT2D eigenvalue weighted by molar-refractivity contribution is 5.69. The highest BCUT2D eigenvalue weighted by Crippen LogP contribution is 2.28. The molecule has 2 unspecified atom stereocenters. The molecule has 1 N–H and O–H groups in total. The van der Waals surface area contributed by atoms with E-state index in [9.17, 15) is 18.4 Å². The molecule has 2 rings (SSSR count). The predicted molar refractivity (Wildman–Crippen MR) is 123 cm³/mol. The maximum atomic E-state index is 13.7. The van der Waals surface area contributed by atoms with Gasteiger partial charge in [0.05, 0.1) is 0 Å². The van der Waals surface area contributed by atoms with Crippen LogP contribution in [0.2, 0.25) is 0 Å². The van der Waals surface area contributed by atoms with Gasteiger partial charge in [0, 0.05) is 25.6 Å². The number of esters is 1. The minimum Gasteiger partial charge on any atom is -0.460 e. The number of hydrogen-bond acceptors (Lipinski definition) is 5. The van der Waals surface area contributed by atoms with E-state index in [1.54, 1.807) is 4.90 Å². The van der Waals surface area contributed by atoms with Crippen molar-refractivity contribution in [3.8, 4) is 0 Å². The van der Waals surface area contributed by atoms with Gasteiger partial charge in [-0.2, -0.15) is 0 Å². The minimum atomic E-state index is -0.608. The molecular weight excluding hydrogens is 430 g/mol. The standard InChI is InChI=1S/C25H38F2N2O4/c1-24(2,3)32-22(30)8-7-9-28-14-19-16-29(23(31)33-25(4,5)6)15-18(19)10-17-11-20(26)13-21(27)12-17/h11-13,18-19,28H,7-10,14-16H2,1-6H3. The first-order valence-electron chi connectivity index (χ1n) is 11.6. The van der Waals surface area contributed by atoms with E-state index in [1.807, 2.05) is 41.5 Å². The first-order chi connectivity index (χ1) is 15.2. The van der Waals surface area contributed by atoms with Gasteiger partial charge in [-0.15, -0.1) is 0 Å². The molecule has 1 aliphatic heterocycles. The molecule has 33 heavy (non-hydrogen) atoms. The Labute approximate surface area is 196 Å². The van der Waals surface area contributed by atoms with Crippen LogP contribution < -0.4 is 5.32 Å². The van der Waals surface area contributed by atoms with Gasteiger partial charge in [-0.1, -0.05) is 0 Å². The molecule has 1 fully saturated rings. The molecule has 1 amide bonds. The second kappa shape index (κ2) is 11.3. The van der Waals surface area contributed by atoms with E-state index in [1.165, 1.54) is 12.1 Å². The van der Waals surface area contributed by atoms with Crippen LogP contribution in [0.25, 0.3) is 0 Å². The summed E-state index contributed by atoms with van der Waals surface area (Å²) >= 11 is 0. The lowest BCUT2D eigenvalue weighted by Crippen LogP contribution is -2.36. The summed E-state index contributed by atoms with van der Waals surface area (Å²) in [6.07, 6.45) is 1.03. The molecular formula is C25H38F2N2O4. The molecule has 0 radical (unpaired) electrons. The summed E-state index contributed by atoms with van der Waals surface area (Å²) in [5, 5.41) is 3.36. The van der Waals surface area contributed by atoms with Crippen molar-refractivity contribution in [2.75, 3.05) is 26.2 Å². The van der Waals surface area contributed by atoms with E-state index in [-0.39, 0.29) is 23.9 Å². The highest BCUT2D eigenvalue weighted by atomic mass is 19.1. The van der Waals surface area contributed by atoms with E-state index in [0.717, 1.165) is 6.07 Å². The highest BCUT2D eigenvalue weighted by Gasteiger charge is 2.37. The second-order valence-corrected chi connectivity index (χ2v) is 10.8. The number of carbonyl (C=O) groups excluding carboxylic acids is 2. The fourth-order valence-corrected chi connectivity index (χ4v) is 3.95. The molecule has 1 heterocycles. The summed E-state index contributed by atoms with van der Waals surface area (Å²) in [6, 6.07) is 3.53. The van der Waals surface area contributed by atoms with Crippen LogP contribution in [0.1, 0.15) is 59.9 Å². The van der Waals surface area contributed by atoms with Crippen molar-refractivity contribution in [2.45, 2.75) is 72.0 Å². The van der Waals surface area contributed by atoms with Crippen LogP contribution in [0.3, 0.4) is 0 Å². The van der Waals surface area contributed by atoms with Gasteiger partial charge in [0.2, 0.25) is 0 Å². The van der Waals surface area contributed by atoms with Crippen LogP contribution in [-0.4, -0.2) is 54.3 Å². The third kappa shape index (κ3) is 10.1. The second-order valence-electron chi connectivity index (χ2n) is 10.8. The smallest absolute Gasteiger partial charge is 0.410 e. The zero-order valence-electron chi connectivity index (χ0n) is 20.7. The van der Waals surface area contributed by atoms with Gasteiger partial charge in [-0.25, -0.2) is 13.6 Å². The predicted octanol–water partition coefficient (Wildman–Crippen LogP) is 4.70. The monoisotopic (exact) mass is 468 g/mol. The Morgan fingerprint density at radius 3 is 2.12 bits per heavy atom. The van der Waals surface area contributed by atoms with E-state index < -0.39 is 22.8 Å². The van der Waals surface area contributed by atoms with E-state index in [0.29, 0.717) is 51.0 Å². The van der Waals surface area contributed by atoms with Crippen LogP contribution in [-0.2, 0) is 20.7 Å². The molecule has 1 aliphatic rings. The minimum absolute atomic E-state index is 0.0251. The summed E-state index contributed by atoms with van der Waals surface area (Å²) < 4.78 is 38.2. The number of halogens is 2. The maximum Gasteiger partial charge on any atom is 0.410 e. The number of amides is 1. The molecule has 8 heteroatoms. The Hall–Kier alpha value is -2.22. The van der Waals surface area contributed by atoms with Crippen LogP contribution in [0.5, 0.6) is 0 Å². The Balaban J connectivity index is 1.94. The molecule has 1 aromatic rings. The SMILES string of the molecule is CC(C)(C)OC(=O)CCCNCC1CN(C(=O)OC(C)(C)C)CC1Cc1cc(F)cc(F)c1. The van der Waals surface area contributed by atoms with Crippen LogP contribution in [0, 0.1) is 23.5 Å². The Kier molecular flexibility index (Phi) is 9.23. The summed E-state index contributed by atoms with van der Waals surface area (Å²) in [5.41, 5.74) is -0.530. The number of likely N-dealkylation sites (tertiary alicyclic amines) is 1. The van der Waals surface area contributed by atoms with Crippen molar-refractivity contribution in [3.63, 3.8) is 0 Å². The molecule has 0 aromatic heterocycles. The van der Waals surface area contributed by atoms with Gasteiger partial charge in [-0.05, 0) is 97.0 Å². The third-order valence-corrected chi connectivity index (χ3v) is 5.21. The molecule has 186 valence electrons. The van der Waals surface area contributed by atoms with Crippen molar-refractivity contribution >= 4 is 12.1 Å². The lowest BCUT2D eigenvalue weighted by atomic mass is 9.89. The number of benzene rings is 1. The molecule has 6 nitrogen and oxygen atoms in total. The van der Waals surface area contributed by atoms with Gasteiger partial charge in [0.25, 0.3) is 0 Å². The van der Waals surface area contributed by atoms with E-state index in [4.69, 9.17) is 9.47 Å². The maximum absolute atomic E-state index is 13.7. The molecule has 1 saturated heterocycles. The Morgan fingerprint density at radius 2 is 1.55 bits per heavy atom. The zero-order valence-corrected chi connectivity index (χ0v) is 20.7. The van der Waals surface area contributed by atoms with Gasteiger partial charge in [-0.3, -0.25) is 4.79 Å². The van der Waals surface area contributed by atoms with Crippen molar-refractivity contribution in [2.24, 2.45) is 11.8 Å². The number of nitrogens with zero attached hydrogens (tertiary/aromatic N) is 1. The third-order valence-electron chi connectivity index (χ3n) is 5.21. The lowest BCUT2D eigenvalue weighted by Gasteiger charge is -2.24. The Morgan fingerprint density at radius 1 is 0.970 bits per heavy atom. The van der Waals surface area contributed by atoms with Crippen molar-refractivity contribution < 1.29 is 27.8 Å². The summed E-state index contributed by atoms with van der Waals surface area (Å²) in [7, 11) is 0. The Bertz CT molecular complexity index is 797. The molecule has 2 atom stereocenters. The first kappa shape index (κ1) is 27.0. The average Bonchev–Trinajstić information content (AvgIpc) is 3.00. The number of hydrogen-bond donors (Lipinski definition) is 1. The zero-order chi connectivity index (χ0) is 24.8. The molecule has 0 bridgehead atoms. The number of carbonyl (C=O) groups is 2. The first-order valence-corrected chi connectivity index (χ1v) is 11.6. The normalized spacial score (nSPS) is 19.0. The van der Waals surface area contributed by atoms with Crippen molar-refractivity contribution in [1.29, 1.82) is 0 Å². The van der Waals surface area contributed by atoms with Crippen LogP contribution in [0.4, 0.5) is 13.6 Å². The number of nitrogens with one attached hydrogen (secondary N) is 1. The molecule has 1 aromatic carbocycles. The molecule has 0 spiro atoms. The van der Waals surface area contributed by atoms with Gasteiger partial charge in [0.1, 0.15) is 22.8 Å². The average molecular weight is 469 g/mol. The largest absolute Gasteiger partial charge is 0.460 e. The molecule has 0 saturated carbocycles. The molecule has 0 aliphatic carbocycles.